The van der Waals surface area contributed by atoms with Gasteiger partial charge in [-0.05, 0) is 39.0 Å². The predicted molar refractivity (Wildman–Crippen MR) is 77.9 cm³/mol. The van der Waals surface area contributed by atoms with Crippen molar-refractivity contribution in [2.24, 2.45) is 0 Å². The number of aliphatic hydroxyl groups is 1. The maximum atomic E-state index is 10.3. The summed E-state index contributed by atoms with van der Waals surface area (Å²) in [5.41, 5.74) is 1.76. The maximum Gasteiger partial charge on any atom is 0.107 e. The smallest absolute Gasteiger partial charge is 0.107 e. The van der Waals surface area contributed by atoms with Gasteiger partial charge in [-0.3, -0.25) is 0 Å². The molecule has 0 aliphatic rings. The van der Waals surface area contributed by atoms with Crippen molar-refractivity contribution in [3.63, 3.8) is 0 Å². The van der Waals surface area contributed by atoms with Gasteiger partial charge >= 0.3 is 0 Å². The molecule has 1 atom stereocenters. The van der Waals surface area contributed by atoms with Gasteiger partial charge in [-0.2, -0.15) is 11.3 Å². The van der Waals surface area contributed by atoms with E-state index in [2.05, 4.69) is 47.8 Å². The third-order valence-electron chi connectivity index (χ3n) is 2.19. The Morgan fingerprint density at radius 2 is 1.75 bits per heavy atom. The first-order valence-electron chi connectivity index (χ1n) is 4.44. The molecule has 0 fully saturated rings. The maximum absolute atomic E-state index is 10.3. The average Bonchev–Trinajstić information content (AvgIpc) is 2.63. The molecule has 16 heavy (non-hydrogen) atoms. The quantitative estimate of drug-likeness (QED) is 0.706. The van der Waals surface area contributed by atoms with Crippen LogP contribution in [0.25, 0.3) is 0 Å². The summed E-state index contributed by atoms with van der Waals surface area (Å²) in [6, 6.07) is 5.76. The Morgan fingerprint density at radius 1 is 1.00 bits per heavy atom. The van der Waals surface area contributed by atoms with E-state index < -0.39 is 6.10 Å². The van der Waals surface area contributed by atoms with Crippen LogP contribution in [0, 0.1) is 0 Å². The summed E-state index contributed by atoms with van der Waals surface area (Å²) in [6.07, 6.45) is -0.608. The van der Waals surface area contributed by atoms with Crippen LogP contribution in [0.2, 0.25) is 0 Å². The molecule has 5 heteroatoms. The molecule has 0 amide bonds. The SMILES string of the molecule is OC(c1ccc(Br)cc1Br)c1cscc1Br. The Hall–Kier alpha value is 0.320. The Bertz CT molecular complexity index is 510. The number of aliphatic hydroxyl groups excluding tert-OH is 1. The molecule has 1 nitrogen and oxygen atoms in total. The zero-order valence-corrected chi connectivity index (χ0v) is 13.5. The zero-order chi connectivity index (χ0) is 11.7. The number of hydrogen-bond donors (Lipinski definition) is 1. The number of benzene rings is 1. The summed E-state index contributed by atoms with van der Waals surface area (Å²) in [7, 11) is 0. The molecule has 84 valence electrons. The van der Waals surface area contributed by atoms with E-state index in [0.29, 0.717) is 0 Å². The number of hydrogen-bond acceptors (Lipinski definition) is 2. The van der Waals surface area contributed by atoms with E-state index in [9.17, 15) is 5.11 Å². The van der Waals surface area contributed by atoms with Gasteiger partial charge in [-0.15, -0.1) is 0 Å². The molecular formula is C11H7Br3OS. The molecule has 2 aromatic rings. The highest BCUT2D eigenvalue weighted by molar-refractivity contribution is 9.11. The first-order valence-corrected chi connectivity index (χ1v) is 7.76. The molecule has 0 aliphatic carbocycles. The lowest BCUT2D eigenvalue weighted by molar-refractivity contribution is 0.219. The molecule has 1 N–H and O–H groups in total. The van der Waals surface area contributed by atoms with Gasteiger partial charge in [-0.1, -0.05) is 37.9 Å². The summed E-state index contributed by atoms with van der Waals surface area (Å²) < 4.78 is 2.83. The van der Waals surface area contributed by atoms with Crippen molar-refractivity contribution in [1.29, 1.82) is 0 Å². The van der Waals surface area contributed by atoms with E-state index in [4.69, 9.17) is 0 Å². The fourth-order valence-corrected chi connectivity index (χ4v) is 4.17. The largest absolute Gasteiger partial charge is 0.384 e. The van der Waals surface area contributed by atoms with Crippen LogP contribution in [0.3, 0.4) is 0 Å². The van der Waals surface area contributed by atoms with Crippen molar-refractivity contribution in [3.8, 4) is 0 Å². The number of halogens is 3. The van der Waals surface area contributed by atoms with Gasteiger partial charge in [0.15, 0.2) is 0 Å². The molecule has 0 spiro atoms. The van der Waals surface area contributed by atoms with Gasteiger partial charge in [0.1, 0.15) is 6.10 Å². The van der Waals surface area contributed by atoms with Crippen LogP contribution in [-0.2, 0) is 0 Å². The molecule has 0 aliphatic heterocycles. The monoisotopic (exact) mass is 424 g/mol. The third-order valence-corrected chi connectivity index (χ3v) is 5.13. The van der Waals surface area contributed by atoms with Gasteiger partial charge in [-0.25, -0.2) is 0 Å². The van der Waals surface area contributed by atoms with Crippen molar-refractivity contribution in [2.45, 2.75) is 6.10 Å². The molecule has 0 radical (unpaired) electrons. The van der Waals surface area contributed by atoms with Gasteiger partial charge in [0, 0.05) is 24.4 Å². The molecule has 0 saturated carbocycles. The lowest BCUT2D eigenvalue weighted by atomic mass is 10.0. The van der Waals surface area contributed by atoms with E-state index in [0.717, 1.165) is 24.5 Å². The highest BCUT2D eigenvalue weighted by atomic mass is 79.9. The summed E-state index contributed by atoms with van der Waals surface area (Å²) in [4.78, 5) is 0. The molecule has 1 aromatic carbocycles. The van der Waals surface area contributed by atoms with Crippen LogP contribution in [-0.4, -0.2) is 5.11 Å². The second kappa shape index (κ2) is 5.31. The summed E-state index contributed by atoms with van der Waals surface area (Å²) in [5, 5.41) is 14.2. The van der Waals surface area contributed by atoms with Crippen molar-refractivity contribution in [3.05, 3.63) is 53.5 Å². The topological polar surface area (TPSA) is 20.2 Å². The molecule has 1 heterocycles. The molecular weight excluding hydrogens is 420 g/mol. The van der Waals surface area contributed by atoms with Crippen LogP contribution < -0.4 is 0 Å². The van der Waals surface area contributed by atoms with Crippen molar-refractivity contribution >= 4 is 59.1 Å². The fraction of sp³-hybridized carbons (Fsp3) is 0.0909. The minimum Gasteiger partial charge on any atom is -0.384 e. The standard InChI is InChI=1S/C11H7Br3OS/c12-6-1-2-7(9(13)3-6)11(15)8-4-16-5-10(8)14/h1-5,11,15H. The van der Waals surface area contributed by atoms with E-state index in [-0.39, 0.29) is 0 Å². The van der Waals surface area contributed by atoms with Gasteiger partial charge in [0.25, 0.3) is 0 Å². The minimum atomic E-state index is -0.608. The predicted octanol–water partition coefficient (Wildman–Crippen LogP) is 5.12. The molecule has 1 aromatic heterocycles. The lowest BCUT2D eigenvalue weighted by Crippen LogP contribution is -1.99. The van der Waals surface area contributed by atoms with Gasteiger partial charge in [0.05, 0.1) is 0 Å². The fourth-order valence-electron chi connectivity index (χ4n) is 1.38. The van der Waals surface area contributed by atoms with Crippen LogP contribution in [0.4, 0.5) is 0 Å². The second-order valence-corrected chi connectivity index (χ2v) is 6.61. The van der Waals surface area contributed by atoms with E-state index in [1.54, 1.807) is 11.3 Å². The van der Waals surface area contributed by atoms with Crippen LogP contribution in [0.1, 0.15) is 17.2 Å². The number of rotatable bonds is 2. The Labute approximate surface area is 123 Å². The summed E-state index contributed by atoms with van der Waals surface area (Å²) in [6.45, 7) is 0. The van der Waals surface area contributed by atoms with Crippen LogP contribution >= 0.6 is 59.1 Å². The number of thiophene rings is 1. The molecule has 0 saturated heterocycles. The Balaban J connectivity index is 2.41. The van der Waals surface area contributed by atoms with E-state index >= 15 is 0 Å². The summed E-state index contributed by atoms with van der Waals surface area (Å²) in [5.74, 6) is 0. The zero-order valence-electron chi connectivity index (χ0n) is 7.95. The van der Waals surface area contributed by atoms with Crippen molar-refractivity contribution < 1.29 is 5.11 Å². The lowest BCUT2D eigenvalue weighted by Gasteiger charge is -2.12. The van der Waals surface area contributed by atoms with Crippen LogP contribution in [0.5, 0.6) is 0 Å². The van der Waals surface area contributed by atoms with Crippen LogP contribution in [0.15, 0.2) is 42.4 Å². The first-order chi connectivity index (χ1) is 7.59. The molecule has 1 unspecified atom stereocenters. The Kier molecular flexibility index (Phi) is 4.24. The van der Waals surface area contributed by atoms with Crippen molar-refractivity contribution in [1.82, 2.24) is 0 Å². The average molecular weight is 427 g/mol. The minimum absolute atomic E-state index is 0.608. The molecule has 0 bridgehead atoms. The first kappa shape index (κ1) is 12.8. The van der Waals surface area contributed by atoms with E-state index in [1.165, 1.54) is 0 Å². The van der Waals surface area contributed by atoms with Gasteiger partial charge in [0.2, 0.25) is 0 Å². The summed E-state index contributed by atoms with van der Waals surface area (Å²) >= 11 is 11.8. The molecule has 2 rings (SSSR count). The van der Waals surface area contributed by atoms with Crippen molar-refractivity contribution in [2.75, 3.05) is 0 Å². The second-order valence-electron chi connectivity index (χ2n) is 3.24. The Morgan fingerprint density at radius 3 is 2.31 bits per heavy atom. The van der Waals surface area contributed by atoms with E-state index in [1.807, 2.05) is 29.0 Å². The highest BCUT2D eigenvalue weighted by Crippen LogP contribution is 2.35. The third kappa shape index (κ3) is 2.59. The highest BCUT2D eigenvalue weighted by Gasteiger charge is 2.16. The van der Waals surface area contributed by atoms with Gasteiger partial charge < -0.3 is 5.11 Å². The normalized spacial score (nSPS) is 12.8.